The molecule has 0 aliphatic carbocycles. The Kier molecular flexibility index (Phi) is 3.77. The van der Waals surface area contributed by atoms with E-state index in [4.69, 9.17) is 0 Å². The number of likely N-dealkylation sites (tertiary alicyclic amines) is 1. The fraction of sp³-hybridized carbons (Fsp3) is 0.545. The molecule has 0 bridgehead atoms. The Hall–Kier alpha value is -1.10. The van der Waals surface area contributed by atoms with Gasteiger partial charge in [0, 0.05) is 25.5 Å². The van der Waals surface area contributed by atoms with Gasteiger partial charge in [-0.05, 0) is 25.5 Å². The van der Waals surface area contributed by atoms with Crippen LogP contribution < -0.4 is 0 Å². The van der Waals surface area contributed by atoms with Crippen molar-refractivity contribution in [2.45, 2.75) is 24.4 Å². The molecule has 86 valence electrons. The SMILES string of the molecule is CSc1ncc(C(=O)N2CCCCC2)cn1. The molecule has 0 aromatic carbocycles. The number of carbonyl (C=O) groups is 1. The van der Waals surface area contributed by atoms with Gasteiger partial charge in [-0.15, -0.1) is 0 Å². The third kappa shape index (κ3) is 2.52. The fourth-order valence-electron chi connectivity index (χ4n) is 1.81. The number of amides is 1. The maximum absolute atomic E-state index is 12.0. The molecule has 1 aromatic rings. The molecular weight excluding hydrogens is 222 g/mol. The molecule has 0 N–H and O–H groups in total. The summed E-state index contributed by atoms with van der Waals surface area (Å²) in [6.45, 7) is 1.73. The summed E-state index contributed by atoms with van der Waals surface area (Å²) in [5.74, 6) is 0.0624. The molecule has 1 aliphatic heterocycles. The monoisotopic (exact) mass is 237 g/mol. The molecule has 16 heavy (non-hydrogen) atoms. The van der Waals surface area contributed by atoms with Gasteiger partial charge < -0.3 is 4.90 Å². The minimum Gasteiger partial charge on any atom is -0.339 e. The van der Waals surface area contributed by atoms with Gasteiger partial charge in [0.15, 0.2) is 5.16 Å². The Bertz CT molecular complexity index is 360. The lowest BCUT2D eigenvalue weighted by molar-refractivity contribution is 0.0723. The normalized spacial score (nSPS) is 16.2. The van der Waals surface area contributed by atoms with E-state index in [0.717, 1.165) is 25.9 Å². The van der Waals surface area contributed by atoms with Gasteiger partial charge in [-0.25, -0.2) is 9.97 Å². The molecule has 0 saturated carbocycles. The largest absolute Gasteiger partial charge is 0.339 e. The second-order valence-corrected chi connectivity index (χ2v) is 4.58. The smallest absolute Gasteiger partial charge is 0.256 e. The van der Waals surface area contributed by atoms with Crippen LogP contribution in [0.15, 0.2) is 17.6 Å². The fourth-order valence-corrected chi connectivity index (χ4v) is 2.13. The van der Waals surface area contributed by atoms with Gasteiger partial charge in [0.25, 0.3) is 5.91 Å². The van der Waals surface area contributed by atoms with E-state index in [2.05, 4.69) is 9.97 Å². The second kappa shape index (κ2) is 5.30. The first-order valence-electron chi connectivity index (χ1n) is 5.46. The van der Waals surface area contributed by atoms with E-state index in [1.165, 1.54) is 18.2 Å². The van der Waals surface area contributed by atoms with Crippen LogP contribution in [0.2, 0.25) is 0 Å². The first-order chi connectivity index (χ1) is 7.81. The molecule has 1 aromatic heterocycles. The summed E-state index contributed by atoms with van der Waals surface area (Å²) in [5.41, 5.74) is 0.597. The van der Waals surface area contributed by atoms with Gasteiger partial charge in [0.2, 0.25) is 0 Å². The number of nitrogens with zero attached hydrogens (tertiary/aromatic N) is 3. The van der Waals surface area contributed by atoms with Crippen LogP contribution in [0.1, 0.15) is 29.6 Å². The van der Waals surface area contributed by atoms with Crippen molar-refractivity contribution < 1.29 is 4.79 Å². The molecular formula is C11H15N3OS. The first-order valence-corrected chi connectivity index (χ1v) is 6.69. The zero-order valence-electron chi connectivity index (χ0n) is 9.35. The van der Waals surface area contributed by atoms with Crippen molar-refractivity contribution in [3.05, 3.63) is 18.0 Å². The highest BCUT2D eigenvalue weighted by atomic mass is 32.2. The number of hydrogen-bond donors (Lipinski definition) is 0. The molecule has 4 nitrogen and oxygen atoms in total. The quantitative estimate of drug-likeness (QED) is 0.581. The third-order valence-corrected chi connectivity index (χ3v) is 3.28. The number of piperidine rings is 1. The minimum atomic E-state index is 0.0624. The molecule has 0 radical (unpaired) electrons. The van der Waals surface area contributed by atoms with Gasteiger partial charge in [-0.1, -0.05) is 11.8 Å². The van der Waals surface area contributed by atoms with E-state index < -0.39 is 0 Å². The Labute approximate surface area is 99.5 Å². The minimum absolute atomic E-state index is 0.0624. The molecule has 5 heteroatoms. The summed E-state index contributed by atoms with van der Waals surface area (Å²) in [7, 11) is 0. The topological polar surface area (TPSA) is 46.1 Å². The highest BCUT2D eigenvalue weighted by molar-refractivity contribution is 7.98. The predicted octanol–water partition coefficient (Wildman–Crippen LogP) is 1.82. The van der Waals surface area contributed by atoms with E-state index in [9.17, 15) is 4.79 Å². The summed E-state index contributed by atoms with van der Waals surface area (Å²) in [5, 5.41) is 0.704. The number of aromatic nitrogens is 2. The summed E-state index contributed by atoms with van der Waals surface area (Å²) in [4.78, 5) is 22.2. The van der Waals surface area contributed by atoms with Crippen LogP contribution in [0.4, 0.5) is 0 Å². The van der Waals surface area contributed by atoms with Gasteiger partial charge in [0.1, 0.15) is 0 Å². The molecule has 0 unspecified atom stereocenters. The summed E-state index contributed by atoms with van der Waals surface area (Å²) >= 11 is 1.48. The maximum atomic E-state index is 12.0. The van der Waals surface area contributed by atoms with Gasteiger partial charge in [0.05, 0.1) is 5.56 Å². The zero-order valence-corrected chi connectivity index (χ0v) is 10.2. The van der Waals surface area contributed by atoms with Crippen molar-refractivity contribution in [1.82, 2.24) is 14.9 Å². The van der Waals surface area contributed by atoms with Crippen molar-refractivity contribution in [3.8, 4) is 0 Å². The van der Waals surface area contributed by atoms with E-state index in [1.807, 2.05) is 11.2 Å². The average molecular weight is 237 g/mol. The number of hydrogen-bond acceptors (Lipinski definition) is 4. The highest BCUT2D eigenvalue weighted by Gasteiger charge is 2.18. The lowest BCUT2D eigenvalue weighted by atomic mass is 10.1. The Morgan fingerprint density at radius 2 is 1.88 bits per heavy atom. The van der Waals surface area contributed by atoms with Crippen molar-refractivity contribution in [2.75, 3.05) is 19.3 Å². The van der Waals surface area contributed by atoms with Crippen LogP contribution in [0.5, 0.6) is 0 Å². The van der Waals surface area contributed by atoms with Gasteiger partial charge in [-0.2, -0.15) is 0 Å². The summed E-state index contributed by atoms with van der Waals surface area (Å²) in [6, 6.07) is 0. The molecule has 1 saturated heterocycles. The predicted molar refractivity (Wildman–Crippen MR) is 63.6 cm³/mol. The molecule has 0 atom stereocenters. The average Bonchev–Trinajstić information content (AvgIpc) is 2.39. The lowest BCUT2D eigenvalue weighted by Crippen LogP contribution is -2.35. The van der Waals surface area contributed by atoms with Crippen LogP contribution in [-0.4, -0.2) is 40.1 Å². The van der Waals surface area contributed by atoms with Crippen molar-refractivity contribution in [3.63, 3.8) is 0 Å². The van der Waals surface area contributed by atoms with Crippen LogP contribution >= 0.6 is 11.8 Å². The van der Waals surface area contributed by atoms with Crippen LogP contribution in [0.3, 0.4) is 0 Å². The van der Waals surface area contributed by atoms with E-state index >= 15 is 0 Å². The summed E-state index contributed by atoms with van der Waals surface area (Å²) < 4.78 is 0. The molecule has 2 rings (SSSR count). The molecule has 1 fully saturated rings. The van der Waals surface area contributed by atoms with Crippen LogP contribution in [0, 0.1) is 0 Å². The Morgan fingerprint density at radius 3 is 2.44 bits per heavy atom. The maximum Gasteiger partial charge on any atom is 0.256 e. The van der Waals surface area contributed by atoms with Crippen molar-refractivity contribution >= 4 is 17.7 Å². The van der Waals surface area contributed by atoms with Gasteiger partial charge >= 0.3 is 0 Å². The van der Waals surface area contributed by atoms with E-state index in [0.29, 0.717) is 10.7 Å². The van der Waals surface area contributed by atoms with Crippen molar-refractivity contribution in [1.29, 1.82) is 0 Å². The molecule has 0 spiro atoms. The van der Waals surface area contributed by atoms with Crippen LogP contribution in [0.25, 0.3) is 0 Å². The lowest BCUT2D eigenvalue weighted by Gasteiger charge is -2.26. The van der Waals surface area contributed by atoms with E-state index in [-0.39, 0.29) is 5.91 Å². The van der Waals surface area contributed by atoms with Crippen molar-refractivity contribution in [2.24, 2.45) is 0 Å². The molecule has 1 aliphatic rings. The van der Waals surface area contributed by atoms with E-state index in [1.54, 1.807) is 12.4 Å². The van der Waals surface area contributed by atoms with Crippen LogP contribution in [-0.2, 0) is 0 Å². The standard InChI is InChI=1S/C11H15N3OS/c1-16-11-12-7-9(8-13-11)10(15)14-5-3-2-4-6-14/h7-8H,2-6H2,1H3. The summed E-state index contributed by atoms with van der Waals surface area (Å²) in [6.07, 6.45) is 8.60. The number of thioether (sulfide) groups is 1. The Morgan fingerprint density at radius 1 is 1.25 bits per heavy atom. The first kappa shape index (κ1) is 11.4. The highest BCUT2D eigenvalue weighted by Crippen LogP contribution is 2.13. The Balaban J connectivity index is 2.07. The molecule has 1 amide bonds. The number of rotatable bonds is 2. The van der Waals surface area contributed by atoms with Gasteiger partial charge in [-0.3, -0.25) is 4.79 Å². The zero-order chi connectivity index (χ0) is 11.4. The third-order valence-electron chi connectivity index (χ3n) is 2.70. The second-order valence-electron chi connectivity index (χ2n) is 3.81. The molecule has 2 heterocycles. The number of carbonyl (C=O) groups excluding carboxylic acids is 1.